The molecule has 520 valence electrons. The molecular weight excluding hydrogens is 1510 g/mol. The van der Waals surface area contributed by atoms with Crippen molar-refractivity contribution in [1.82, 2.24) is 9.78 Å². The molecule has 0 bridgehead atoms. The number of carboxylic acids is 1. The number of azo groups is 4. The monoisotopic (exact) mass is 1540 g/mol. The van der Waals surface area contributed by atoms with Crippen molar-refractivity contribution in [2.75, 3.05) is 18.1 Å². The van der Waals surface area contributed by atoms with Gasteiger partial charge in [-0.15, -0.1) is 45.2 Å². The van der Waals surface area contributed by atoms with Gasteiger partial charge < -0.3 is 35.1 Å². The zero-order chi connectivity index (χ0) is 72.7. The summed E-state index contributed by atoms with van der Waals surface area (Å²) in [4.78, 5) is 16.4. The molecule has 0 spiro atoms. The van der Waals surface area contributed by atoms with E-state index in [1.807, 2.05) is 0 Å². The fraction of sp³-hybridized carbons (Fsp3) is 0.0667. The fourth-order valence-corrected chi connectivity index (χ4v) is 13.2. The van der Waals surface area contributed by atoms with Gasteiger partial charge in [0.05, 0.1) is 67.0 Å². The van der Waals surface area contributed by atoms with E-state index >= 15 is 0 Å². The van der Waals surface area contributed by atoms with Gasteiger partial charge in [-0.05, 0) is 73.2 Å². The Morgan fingerprint density at radius 3 is 1.82 bits per heavy atom. The highest BCUT2D eigenvalue weighted by Gasteiger charge is 2.32. The highest BCUT2D eigenvalue weighted by Crippen LogP contribution is 2.52. The van der Waals surface area contributed by atoms with Crippen molar-refractivity contribution < 1.29 is 140 Å². The number of anilines is 1. The van der Waals surface area contributed by atoms with Crippen LogP contribution < -0.4 is 14.7 Å². The molecule has 0 amide bonds. The number of ether oxygens (including phenoxy) is 1. The smallest absolute Gasteiger partial charge is 0.358 e. The largest absolute Gasteiger partial charge is 0.505 e. The summed E-state index contributed by atoms with van der Waals surface area (Å²) in [6.45, 7) is -0.721. The summed E-state index contributed by atoms with van der Waals surface area (Å²) in [5.41, 5.74) is -4.91. The van der Waals surface area contributed by atoms with Crippen LogP contribution in [-0.2, 0) is 81.4 Å². The summed E-state index contributed by atoms with van der Waals surface area (Å²) < 4.78 is 245. The Morgan fingerprint density at radius 2 is 1.24 bits per heavy atom. The average molecular weight is 1550 g/mol. The Morgan fingerprint density at radius 1 is 0.653 bits per heavy atom. The summed E-state index contributed by atoms with van der Waals surface area (Å²) in [7, 11) is -32.0. The van der Waals surface area contributed by atoms with Gasteiger partial charge in [-0.2, -0.15) is 64.5 Å². The van der Waals surface area contributed by atoms with Gasteiger partial charge in [-0.1, -0.05) is 16.6 Å². The van der Waals surface area contributed by atoms with Crippen LogP contribution in [0.2, 0.25) is 5.02 Å². The molecule has 1 heterocycles. The number of nitrogen functional groups attached to an aromatic ring is 1. The van der Waals surface area contributed by atoms with E-state index in [-0.39, 0.29) is 23.8 Å². The van der Waals surface area contributed by atoms with Crippen molar-refractivity contribution in [3.63, 3.8) is 0 Å². The number of carbonyl (C=O) groups is 1. The van der Waals surface area contributed by atoms with E-state index in [1.54, 1.807) is 0 Å². The second-order valence-corrected chi connectivity index (χ2v) is 28.9. The first-order chi connectivity index (χ1) is 45.4. The highest BCUT2D eigenvalue weighted by atomic mass is 35.5. The normalized spacial score (nSPS) is 13.2. The number of nitro groups is 1. The molecule has 8 aromatic rings. The summed E-state index contributed by atoms with van der Waals surface area (Å²) in [6, 6.07) is 8.49. The van der Waals surface area contributed by atoms with E-state index in [0.29, 0.717) is 47.1 Å². The van der Waals surface area contributed by atoms with Gasteiger partial charge in [-0.3, -0.25) is 42.0 Å². The maximum atomic E-state index is 13.3. The average Bonchev–Trinajstić information content (AvgIpc) is 0.791. The first kappa shape index (κ1) is 74.2. The van der Waals surface area contributed by atoms with E-state index in [0.717, 1.165) is 30.3 Å². The topological polar surface area (TPSA) is 705 Å². The SMILES string of the molecule is Nc1c(N=Nc2ccc3c(O)c(N=Nc4cc(/N=N/c5c(C(=O)O)nn(-c6ccc(S(=O)(=O)O)cc6)c5O)c(S(=O)(=O)O)cc4Cl)c(S(=O)(=O)O)cc3c2S(=O)(=O)O)cc(S(=O)(=O)O)c2cc(SOOO)c(N=Nc3cc(OS(=O)O)cc([N+](=O)[O-])c3OCCCS(=O)(=O)O)c(O)c12. The quantitative estimate of drug-likeness (QED) is 0.00277. The van der Waals surface area contributed by atoms with Gasteiger partial charge in [-0.25, -0.2) is 10.1 Å². The second-order valence-electron chi connectivity index (χ2n) is 18.6. The number of nitrogens with two attached hydrogens (primary N) is 1. The maximum absolute atomic E-state index is 13.3. The van der Waals surface area contributed by atoms with Crippen molar-refractivity contribution in [1.29, 1.82) is 0 Å². The van der Waals surface area contributed by atoms with Crippen LogP contribution in [0.1, 0.15) is 16.9 Å². The molecule has 1 atom stereocenters. The number of aromatic nitrogens is 2. The first-order valence-electron chi connectivity index (χ1n) is 24.7. The second kappa shape index (κ2) is 28.1. The van der Waals surface area contributed by atoms with Crippen molar-refractivity contribution in [2.24, 2.45) is 40.9 Å². The number of rotatable bonds is 26. The van der Waals surface area contributed by atoms with Crippen LogP contribution in [0.3, 0.4) is 0 Å². The van der Waals surface area contributed by atoms with Crippen molar-refractivity contribution in [2.45, 2.75) is 35.8 Å². The molecular formula is C45H33ClN12O32S8. The summed E-state index contributed by atoms with van der Waals surface area (Å²) in [5.74, 6) is -8.38. The molecule has 7 aromatic carbocycles. The number of phenols is 2. The van der Waals surface area contributed by atoms with Crippen molar-refractivity contribution in [3.05, 3.63) is 99.7 Å². The fourth-order valence-electron chi connectivity index (χ4n) is 8.41. The molecule has 53 heteroatoms. The highest BCUT2D eigenvalue weighted by molar-refractivity contribution is 7.94. The number of halogens is 1. The number of benzene rings is 7. The number of fused-ring (bicyclic) bond motifs is 2. The third kappa shape index (κ3) is 16.5. The lowest BCUT2D eigenvalue weighted by atomic mass is 10.0. The number of phenolic OH excluding ortho intramolecular Hbond substituents is 2. The lowest BCUT2D eigenvalue weighted by Crippen LogP contribution is -2.09. The lowest BCUT2D eigenvalue weighted by Gasteiger charge is -2.15. The molecule has 8 rings (SSSR count). The van der Waals surface area contributed by atoms with E-state index in [4.69, 9.17) is 31.9 Å². The van der Waals surface area contributed by atoms with Crippen LogP contribution in [0, 0.1) is 10.1 Å². The Balaban J connectivity index is 1.25. The number of nitro benzene ring substituents is 1. The Hall–Kier alpha value is -9.57. The number of aromatic carboxylic acids is 1. The standard InChI is InChI=1S/C45H33ClN12O32S8/c46-23-14-32(96(78,79)80)26(50-55-38-39(45(62)63)56-57(44(38)61)17-2-4-19(5-3-17)94(72,73)74)15-25(23)49-54-37-33(97(81,82)83)13-21-20(40(37)59)6-7-24(43(21)98(84,85)86)48-51-27-16-31(95(75,76)77)22-12-30(91-90-89-66)36(41(60)34(22)35(27)47)53-52-28-10-18(88-92(67)68)11-29(58(64)65)42(28)87-8-1-9-93(69,70)71/h2-7,10-16,59-61,66H,1,8-9,47H2,(H,62,63)(H,67,68)(H,69,70,71)(H,72,73,74)(H,75,76,77)(H,78,79,80)(H,81,82,83)(H,84,85,86)/b51-48?,53-52?,54-49?,55-50+. The predicted molar refractivity (Wildman–Crippen MR) is 327 cm³/mol. The Bertz CT molecular complexity index is 5590. The van der Waals surface area contributed by atoms with Crippen molar-refractivity contribution >= 4 is 180 Å². The molecule has 0 aliphatic heterocycles. The third-order valence-electron chi connectivity index (χ3n) is 12.4. The summed E-state index contributed by atoms with van der Waals surface area (Å²) in [5, 5.41) is 97.6. The molecule has 1 aromatic heterocycles. The number of hydrogen-bond donors (Lipinski definition) is 13. The van der Waals surface area contributed by atoms with Gasteiger partial charge in [0.25, 0.3) is 60.7 Å². The third-order valence-corrected chi connectivity index (χ3v) is 18.9. The molecule has 0 aliphatic rings. The lowest BCUT2D eigenvalue weighted by molar-refractivity contribution is -0.432. The molecule has 98 heavy (non-hydrogen) atoms. The summed E-state index contributed by atoms with van der Waals surface area (Å²) >= 11 is 2.98. The van der Waals surface area contributed by atoms with Gasteiger partial charge >= 0.3 is 23.0 Å². The predicted octanol–water partition coefficient (Wildman–Crippen LogP) is 8.63. The Labute approximate surface area is 555 Å². The molecule has 14 N–H and O–H groups in total. The van der Waals surface area contributed by atoms with Crippen LogP contribution in [0.25, 0.3) is 27.2 Å². The first-order valence-corrected chi connectivity index (χ1v) is 35.7. The number of nitrogens with zero attached hydrogens (tertiary/aromatic N) is 11. The van der Waals surface area contributed by atoms with Gasteiger partial charge in [0, 0.05) is 22.2 Å². The minimum absolute atomic E-state index is 0.0941. The molecule has 1 unspecified atom stereocenters. The van der Waals surface area contributed by atoms with Crippen LogP contribution in [0.4, 0.5) is 56.9 Å². The molecule has 0 saturated carbocycles. The molecule has 44 nitrogen and oxygen atoms in total. The maximum Gasteiger partial charge on any atom is 0.358 e. The minimum atomic E-state index is -5.83. The van der Waals surface area contributed by atoms with E-state index in [9.17, 15) is 117 Å². The molecule has 0 aliphatic carbocycles. The molecule has 0 radical (unpaired) electrons. The Kier molecular flexibility index (Phi) is 21.3. The molecule has 0 fully saturated rings. The van der Waals surface area contributed by atoms with Gasteiger partial charge in [0.1, 0.15) is 59.4 Å². The van der Waals surface area contributed by atoms with Crippen LogP contribution in [-0.4, -0.2) is 145 Å². The number of aromatic hydroxyl groups is 3. The number of hydrogen-bond acceptors (Lipinski definition) is 35. The minimum Gasteiger partial charge on any atom is -0.505 e. The van der Waals surface area contributed by atoms with Crippen molar-refractivity contribution in [3.8, 4) is 34.6 Å². The van der Waals surface area contributed by atoms with E-state index < -0.39 is 249 Å². The van der Waals surface area contributed by atoms with E-state index in [2.05, 4.69) is 59.6 Å². The zero-order valence-electron chi connectivity index (χ0n) is 46.8. The van der Waals surface area contributed by atoms with Gasteiger partial charge in [0.2, 0.25) is 17.3 Å². The molecule has 0 saturated heterocycles. The van der Waals surface area contributed by atoms with E-state index in [1.165, 1.54) is 0 Å². The van der Waals surface area contributed by atoms with Gasteiger partial charge in [0.15, 0.2) is 22.9 Å². The van der Waals surface area contributed by atoms with Crippen LogP contribution in [0.15, 0.2) is 149 Å². The van der Waals surface area contributed by atoms with Crippen LogP contribution >= 0.6 is 23.6 Å². The zero-order valence-corrected chi connectivity index (χ0v) is 54.1. The number of carboxylic acid groups (broad SMARTS) is 1. The van der Waals surface area contributed by atoms with Crippen LogP contribution in [0.5, 0.6) is 28.9 Å². The summed E-state index contributed by atoms with van der Waals surface area (Å²) in [6.07, 6.45) is -0.525.